The fraction of sp³-hybridized carbons (Fsp3) is 0.833. The lowest BCUT2D eigenvalue weighted by molar-refractivity contribution is -0.128. The van der Waals surface area contributed by atoms with Crippen molar-refractivity contribution in [1.82, 2.24) is 10.2 Å². The maximum Gasteiger partial charge on any atom is 0.234 e. The first-order chi connectivity index (χ1) is 7.92. The molecule has 2 N–H and O–H groups in total. The summed E-state index contributed by atoms with van der Waals surface area (Å²) in [4.78, 5) is 24.9. The zero-order valence-corrected chi connectivity index (χ0v) is 11.2. The van der Waals surface area contributed by atoms with E-state index in [2.05, 4.69) is 5.32 Å². The topological polar surface area (TPSA) is 69.6 Å². The number of amides is 1. The van der Waals surface area contributed by atoms with E-state index < -0.39 is 6.04 Å². The van der Waals surface area contributed by atoms with E-state index in [1.807, 2.05) is 25.7 Å². The number of hydrogen-bond donors (Lipinski definition) is 2. The van der Waals surface area contributed by atoms with Gasteiger partial charge in [-0.25, -0.2) is 0 Å². The second-order valence-corrected chi connectivity index (χ2v) is 4.49. The minimum atomic E-state index is -0.421. The van der Waals surface area contributed by atoms with Crippen molar-refractivity contribution in [2.75, 3.05) is 26.2 Å². The Balaban J connectivity index is 4.27. The summed E-state index contributed by atoms with van der Waals surface area (Å²) >= 11 is 0. The first-order valence-corrected chi connectivity index (χ1v) is 6.05. The summed E-state index contributed by atoms with van der Waals surface area (Å²) in [6.07, 6.45) is 0. The van der Waals surface area contributed by atoms with Crippen molar-refractivity contribution in [2.24, 2.45) is 5.92 Å². The van der Waals surface area contributed by atoms with Crippen LogP contribution in [0.5, 0.6) is 0 Å². The summed E-state index contributed by atoms with van der Waals surface area (Å²) < 4.78 is 0. The Morgan fingerprint density at radius 3 is 2.29 bits per heavy atom. The van der Waals surface area contributed by atoms with E-state index in [1.54, 1.807) is 0 Å². The molecule has 0 saturated carbocycles. The molecule has 0 aliphatic rings. The van der Waals surface area contributed by atoms with Crippen LogP contribution in [0.3, 0.4) is 0 Å². The summed E-state index contributed by atoms with van der Waals surface area (Å²) in [6.45, 7) is 8.62. The highest BCUT2D eigenvalue weighted by Crippen LogP contribution is 2.02. The number of rotatable bonds is 8. The fourth-order valence-corrected chi connectivity index (χ4v) is 1.65. The summed E-state index contributed by atoms with van der Waals surface area (Å²) in [5.74, 6) is -0.114. The minimum Gasteiger partial charge on any atom is -0.395 e. The van der Waals surface area contributed by atoms with Crippen LogP contribution in [0.2, 0.25) is 0 Å². The highest BCUT2D eigenvalue weighted by atomic mass is 16.3. The predicted molar refractivity (Wildman–Crippen MR) is 66.6 cm³/mol. The van der Waals surface area contributed by atoms with Crippen molar-refractivity contribution in [2.45, 2.75) is 33.7 Å². The van der Waals surface area contributed by atoms with Crippen LogP contribution in [-0.2, 0) is 9.59 Å². The molecule has 1 unspecified atom stereocenters. The number of aliphatic hydroxyl groups excluding tert-OH is 1. The zero-order chi connectivity index (χ0) is 13.4. The molecule has 5 heteroatoms. The van der Waals surface area contributed by atoms with Gasteiger partial charge < -0.3 is 10.4 Å². The lowest BCUT2D eigenvalue weighted by Crippen LogP contribution is -2.47. The number of carbonyl (C=O) groups is 2. The molecule has 100 valence electrons. The van der Waals surface area contributed by atoms with Gasteiger partial charge in [-0.3, -0.25) is 14.5 Å². The van der Waals surface area contributed by atoms with E-state index in [0.717, 1.165) is 0 Å². The van der Waals surface area contributed by atoms with Crippen molar-refractivity contribution in [3.8, 4) is 0 Å². The van der Waals surface area contributed by atoms with E-state index >= 15 is 0 Å². The van der Waals surface area contributed by atoms with Crippen LogP contribution in [0, 0.1) is 5.92 Å². The average Bonchev–Trinajstić information content (AvgIpc) is 2.24. The quantitative estimate of drug-likeness (QED) is 0.632. The van der Waals surface area contributed by atoms with E-state index in [-0.39, 0.29) is 30.8 Å². The number of nitrogens with one attached hydrogen (secondary N) is 1. The molecule has 0 aromatic carbocycles. The maximum absolute atomic E-state index is 11.7. The van der Waals surface area contributed by atoms with Crippen molar-refractivity contribution >= 4 is 11.7 Å². The van der Waals surface area contributed by atoms with Crippen LogP contribution in [0.1, 0.15) is 27.7 Å². The number of carbonyl (C=O) groups excluding carboxylic acids is 2. The van der Waals surface area contributed by atoms with Gasteiger partial charge in [0.15, 0.2) is 5.78 Å². The molecule has 5 nitrogen and oxygen atoms in total. The third-order valence-corrected chi connectivity index (χ3v) is 2.65. The average molecular weight is 244 g/mol. The Morgan fingerprint density at radius 2 is 1.94 bits per heavy atom. The Morgan fingerprint density at radius 1 is 1.35 bits per heavy atom. The van der Waals surface area contributed by atoms with Gasteiger partial charge in [-0.15, -0.1) is 0 Å². The van der Waals surface area contributed by atoms with E-state index in [4.69, 9.17) is 5.11 Å². The molecule has 0 fully saturated rings. The molecular formula is C12H24N2O3. The van der Waals surface area contributed by atoms with Gasteiger partial charge in [0, 0.05) is 6.54 Å². The van der Waals surface area contributed by atoms with Gasteiger partial charge in [-0.05, 0) is 19.4 Å². The van der Waals surface area contributed by atoms with Gasteiger partial charge in [-0.1, -0.05) is 20.8 Å². The van der Waals surface area contributed by atoms with E-state index in [1.165, 1.54) is 6.92 Å². The second kappa shape index (κ2) is 8.20. The number of hydrogen-bond acceptors (Lipinski definition) is 4. The van der Waals surface area contributed by atoms with Gasteiger partial charge >= 0.3 is 0 Å². The van der Waals surface area contributed by atoms with Crippen LogP contribution >= 0.6 is 0 Å². The summed E-state index contributed by atoms with van der Waals surface area (Å²) in [7, 11) is 0. The van der Waals surface area contributed by atoms with Crippen LogP contribution in [0.4, 0.5) is 0 Å². The van der Waals surface area contributed by atoms with Crippen molar-refractivity contribution < 1.29 is 14.7 Å². The number of nitrogens with zero attached hydrogens (tertiary/aromatic N) is 1. The molecule has 17 heavy (non-hydrogen) atoms. The van der Waals surface area contributed by atoms with E-state index in [9.17, 15) is 9.59 Å². The van der Waals surface area contributed by atoms with Crippen molar-refractivity contribution in [1.29, 1.82) is 0 Å². The molecule has 1 atom stereocenters. The molecule has 0 rings (SSSR count). The van der Waals surface area contributed by atoms with Gasteiger partial charge in [0.1, 0.15) is 0 Å². The Bertz CT molecular complexity index is 254. The molecule has 0 aliphatic heterocycles. The van der Waals surface area contributed by atoms with Gasteiger partial charge in [0.05, 0.1) is 19.2 Å². The molecule has 0 saturated heterocycles. The highest BCUT2D eigenvalue weighted by Gasteiger charge is 2.21. The number of Topliss-reactive ketones (excluding diaryl/α,β-unsaturated/α-hetero) is 1. The van der Waals surface area contributed by atoms with E-state index in [0.29, 0.717) is 13.1 Å². The van der Waals surface area contributed by atoms with Crippen LogP contribution < -0.4 is 5.32 Å². The first kappa shape index (κ1) is 16.1. The minimum absolute atomic E-state index is 0.0291. The summed E-state index contributed by atoms with van der Waals surface area (Å²) in [5, 5.41) is 11.5. The fourth-order valence-electron chi connectivity index (χ4n) is 1.65. The second-order valence-electron chi connectivity index (χ2n) is 4.49. The van der Waals surface area contributed by atoms with Gasteiger partial charge in [0.2, 0.25) is 5.91 Å². The molecule has 0 aromatic heterocycles. The summed E-state index contributed by atoms with van der Waals surface area (Å²) in [5.41, 5.74) is 0. The SMILES string of the molecule is CCN(CCO)CC(=O)NC(C(C)=O)C(C)C. The molecule has 0 aliphatic carbocycles. The smallest absolute Gasteiger partial charge is 0.234 e. The normalized spacial score (nSPS) is 12.9. The van der Waals surface area contributed by atoms with Crippen molar-refractivity contribution in [3.63, 3.8) is 0 Å². The lowest BCUT2D eigenvalue weighted by atomic mass is 10.0. The number of likely N-dealkylation sites (N-methyl/N-ethyl adjacent to an activating group) is 1. The lowest BCUT2D eigenvalue weighted by Gasteiger charge is -2.23. The zero-order valence-electron chi connectivity index (χ0n) is 11.2. The number of ketones is 1. The molecular weight excluding hydrogens is 220 g/mol. The summed E-state index contributed by atoms with van der Waals surface area (Å²) in [6, 6.07) is -0.421. The van der Waals surface area contributed by atoms with Crippen LogP contribution in [0.15, 0.2) is 0 Å². The molecule has 0 bridgehead atoms. The molecule has 1 amide bonds. The highest BCUT2D eigenvalue weighted by molar-refractivity contribution is 5.88. The van der Waals surface area contributed by atoms with Crippen LogP contribution in [0.25, 0.3) is 0 Å². The van der Waals surface area contributed by atoms with Crippen molar-refractivity contribution in [3.05, 3.63) is 0 Å². The third-order valence-electron chi connectivity index (χ3n) is 2.65. The Hall–Kier alpha value is -0.940. The number of aliphatic hydroxyl groups is 1. The first-order valence-electron chi connectivity index (χ1n) is 6.05. The monoisotopic (exact) mass is 244 g/mol. The Kier molecular flexibility index (Phi) is 7.74. The maximum atomic E-state index is 11.7. The third kappa shape index (κ3) is 6.38. The van der Waals surface area contributed by atoms with Gasteiger partial charge in [0.25, 0.3) is 0 Å². The molecule has 0 radical (unpaired) electrons. The predicted octanol–water partition coefficient (Wildman–Crippen LogP) is 0.0304. The molecule has 0 spiro atoms. The standard InChI is InChI=1S/C12H24N2O3/c1-5-14(6-7-15)8-11(17)13-12(9(2)3)10(4)16/h9,12,15H,5-8H2,1-4H3,(H,13,17). The van der Waals surface area contributed by atoms with Gasteiger partial charge in [-0.2, -0.15) is 0 Å². The van der Waals surface area contributed by atoms with Crippen LogP contribution in [-0.4, -0.2) is 54.0 Å². The molecule has 0 heterocycles. The molecule has 0 aromatic rings. The Labute approximate surface area is 103 Å². The largest absolute Gasteiger partial charge is 0.395 e.